The zero-order valence-corrected chi connectivity index (χ0v) is 14.8. The van der Waals surface area contributed by atoms with E-state index in [1.54, 1.807) is 12.4 Å². The Balaban J connectivity index is 1.48. The molecule has 26 heavy (non-hydrogen) atoms. The van der Waals surface area contributed by atoms with Crippen molar-refractivity contribution >= 4 is 17.7 Å². The largest absolute Gasteiger partial charge is 0.368 e. The Bertz CT molecular complexity index is 781. The van der Waals surface area contributed by atoms with Gasteiger partial charge < -0.3 is 15.5 Å². The van der Waals surface area contributed by atoms with Gasteiger partial charge in [0.25, 0.3) is 5.91 Å². The number of aromatic nitrogens is 3. The summed E-state index contributed by atoms with van der Waals surface area (Å²) in [4.78, 5) is 29.9. The van der Waals surface area contributed by atoms with E-state index in [2.05, 4.69) is 19.9 Å². The molecular weight excluding hydrogens is 328 g/mol. The molecule has 0 spiro atoms. The monoisotopic (exact) mass is 352 g/mol. The molecule has 7 heteroatoms. The first kappa shape index (κ1) is 16.8. The fourth-order valence-electron chi connectivity index (χ4n) is 3.91. The molecule has 0 unspecified atom stereocenters. The van der Waals surface area contributed by atoms with E-state index < -0.39 is 0 Å². The van der Waals surface area contributed by atoms with Crippen molar-refractivity contribution in [2.45, 2.75) is 31.6 Å². The summed E-state index contributed by atoms with van der Waals surface area (Å²) in [6.45, 7) is 3.41. The second kappa shape index (κ2) is 7.27. The van der Waals surface area contributed by atoms with Crippen molar-refractivity contribution in [2.24, 2.45) is 0 Å². The Morgan fingerprint density at radius 2 is 1.81 bits per heavy atom. The van der Waals surface area contributed by atoms with Gasteiger partial charge in [-0.2, -0.15) is 0 Å². The second-order valence-electron chi connectivity index (χ2n) is 6.97. The third-order valence-electron chi connectivity index (χ3n) is 5.32. The number of pyridine rings is 1. The molecule has 2 N–H and O–H groups in total. The molecule has 0 atom stereocenters. The molecule has 2 saturated heterocycles. The van der Waals surface area contributed by atoms with Gasteiger partial charge in [0, 0.05) is 50.2 Å². The highest BCUT2D eigenvalue weighted by Gasteiger charge is 2.28. The third kappa shape index (κ3) is 3.34. The van der Waals surface area contributed by atoms with Gasteiger partial charge in [-0.3, -0.25) is 4.79 Å². The second-order valence-corrected chi connectivity index (χ2v) is 6.97. The van der Waals surface area contributed by atoms with Gasteiger partial charge in [0.1, 0.15) is 5.82 Å². The minimum absolute atomic E-state index is 0.108. The molecule has 2 fully saturated rings. The smallest absolute Gasteiger partial charge is 0.257 e. The van der Waals surface area contributed by atoms with Crippen molar-refractivity contribution < 1.29 is 4.79 Å². The molecule has 0 aromatic carbocycles. The van der Waals surface area contributed by atoms with Crippen LogP contribution in [0.25, 0.3) is 0 Å². The first-order valence-electron chi connectivity index (χ1n) is 9.30. The lowest BCUT2D eigenvalue weighted by Crippen LogP contribution is -2.36. The highest BCUT2D eigenvalue weighted by molar-refractivity contribution is 5.99. The number of carbonyl (C=O) groups excluding carboxylic acids is 1. The summed E-state index contributed by atoms with van der Waals surface area (Å²) in [6, 6.07) is 5.70. The topological polar surface area (TPSA) is 88.2 Å². The van der Waals surface area contributed by atoms with E-state index >= 15 is 0 Å². The van der Waals surface area contributed by atoms with Gasteiger partial charge in [0.05, 0.1) is 5.56 Å². The zero-order valence-electron chi connectivity index (χ0n) is 14.8. The van der Waals surface area contributed by atoms with Gasteiger partial charge in [0.2, 0.25) is 5.95 Å². The van der Waals surface area contributed by atoms with E-state index in [4.69, 9.17) is 5.73 Å². The summed E-state index contributed by atoms with van der Waals surface area (Å²) in [5.74, 6) is 1.62. The molecule has 1 amide bonds. The molecule has 2 aromatic rings. The van der Waals surface area contributed by atoms with Crippen molar-refractivity contribution in [3.63, 3.8) is 0 Å². The lowest BCUT2D eigenvalue weighted by atomic mass is 9.93. The Labute approximate surface area is 153 Å². The van der Waals surface area contributed by atoms with Crippen LogP contribution >= 0.6 is 0 Å². The number of piperidine rings is 1. The fourth-order valence-corrected chi connectivity index (χ4v) is 3.91. The van der Waals surface area contributed by atoms with Crippen molar-refractivity contribution in [1.82, 2.24) is 19.9 Å². The predicted octanol–water partition coefficient (Wildman–Crippen LogP) is 2.07. The summed E-state index contributed by atoms with van der Waals surface area (Å²) < 4.78 is 0. The molecule has 136 valence electrons. The van der Waals surface area contributed by atoms with E-state index in [0.29, 0.717) is 11.9 Å². The summed E-state index contributed by atoms with van der Waals surface area (Å²) in [6.07, 6.45) is 7.60. The van der Waals surface area contributed by atoms with E-state index in [1.165, 1.54) is 0 Å². The number of nitrogens with zero attached hydrogens (tertiary/aromatic N) is 5. The van der Waals surface area contributed by atoms with Crippen LogP contribution in [0.1, 0.15) is 47.7 Å². The van der Waals surface area contributed by atoms with Crippen LogP contribution in [-0.4, -0.2) is 51.9 Å². The number of hydrogen-bond acceptors (Lipinski definition) is 6. The number of rotatable bonds is 3. The van der Waals surface area contributed by atoms with Gasteiger partial charge in [0.15, 0.2) is 0 Å². The lowest BCUT2D eigenvalue weighted by Gasteiger charge is -2.33. The summed E-state index contributed by atoms with van der Waals surface area (Å²) in [5.41, 5.74) is 7.44. The number of likely N-dealkylation sites (tertiary alicyclic amines) is 1. The van der Waals surface area contributed by atoms with E-state index in [-0.39, 0.29) is 5.91 Å². The van der Waals surface area contributed by atoms with Crippen LogP contribution < -0.4 is 10.6 Å². The van der Waals surface area contributed by atoms with Crippen molar-refractivity contribution in [3.8, 4) is 0 Å². The molecule has 2 aromatic heterocycles. The molecule has 4 rings (SSSR count). The van der Waals surface area contributed by atoms with Crippen molar-refractivity contribution in [1.29, 1.82) is 0 Å². The van der Waals surface area contributed by atoms with Gasteiger partial charge >= 0.3 is 0 Å². The Kier molecular flexibility index (Phi) is 4.69. The predicted molar refractivity (Wildman–Crippen MR) is 100 cm³/mol. The zero-order chi connectivity index (χ0) is 17.9. The van der Waals surface area contributed by atoms with Crippen LogP contribution in [0.4, 0.5) is 11.8 Å². The maximum absolute atomic E-state index is 12.9. The Morgan fingerprint density at radius 3 is 2.54 bits per heavy atom. The van der Waals surface area contributed by atoms with Crippen LogP contribution in [0, 0.1) is 0 Å². The van der Waals surface area contributed by atoms with Crippen LogP contribution in [0.2, 0.25) is 0 Å². The van der Waals surface area contributed by atoms with Crippen LogP contribution in [-0.2, 0) is 0 Å². The minimum Gasteiger partial charge on any atom is -0.368 e. The number of nitrogens with two attached hydrogens (primary N) is 1. The molecule has 7 nitrogen and oxygen atoms in total. The molecule has 0 saturated carbocycles. The van der Waals surface area contributed by atoms with Gasteiger partial charge in [-0.1, -0.05) is 0 Å². The maximum atomic E-state index is 12.9. The van der Waals surface area contributed by atoms with Crippen LogP contribution in [0.15, 0.2) is 30.6 Å². The molecule has 2 aliphatic rings. The highest BCUT2D eigenvalue weighted by Crippen LogP contribution is 2.30. The minimum atomic E-state index is 0.108. The molecule has 4 heterocycles. The first-order valence-corrected chi connectivity index (χ1v) is 9.30. The fraction of sp³-hybridized carbons (Fsp3) is 0.474. The van der Waals surface area contributed by atoms with Crippen LogP contribution in [0.3, 0.4) is 0 Å². The molecule has 2 aliphatic heterocycles. The Morgan fingerprint density at radius 1 is 1.04 bits per heavy atom. The number of carbonyl (C=O) groups is 1. The molecule has 0 aliphatic carbocycles. The normalized spacial score (nSPS) is 18.3. The van der Waals surface area contributed by atoms with Gasteiger partial charge in [-0.25, -0.2) is 15.0 Å². The van der Waals surface area contributed by atoms with E-state index in [1.807, 2.05) is 23.1 Å². The SMILES string of the molecule is Nc1nccc(C2CCN(c3ncccc3C(=O)N3CCCC3)CC2)n1. The first-order chi connectivity index (χ1) is 12.7. The average Bonchev–Trinajstić information content (AvgIpc) is 3.22. The maximum Gasteiger partial charge on any atom is 0.257 e. The van der Waals surface area contributed by atoms with Gasteiger partial charge in [-0.05, 0) is 43.9 Å². The van der Waals surface area contributed by atoms with E-state index in [9.17, 15) is 4.79 Å². The van der Waals surface area contributed by atoms with E-state index in [0.717, 1.165) is 68.9 Å². The number of hydrogen-bond donors (Lipinski definition) is 1. The third-order valence-corrected chi connectivity index (χ3v) is 5.32. The van der Waals surface area contributed by atoms with Crippen molar-refractivity contribution in [3.05, 3.63) is 41.9 Å². The van der Waals surface area contributed by atoms with Crippen LogP contribution in [0.5, 0.6) is 0 Å². The summed E-state index contributed by atoms with van der Waals surface area (Å²) in [5, 5.41) is 0. The van der Waals surface area contributed by atoms with Gasteiger partial charge in [-0.15, -0.1) is 0 Å². The molecule has 0 bridgehead atoms. The quantitative estimate of drug-likeness (QED) is 0.910. The summed E-state index contributed by atoms with van der Waals surface area (Å²) >= 11 is 0. The molecular formula is C19H24N6O. The number of anilines is 2. The Hall–Kier alpha value is -2.70. The average molecular weight is 352 g/mol. The number of amides is 1. The highest BCUT2D eigenvalue weighted by atomic mass is 16.2. The molecule has 0 radical (unpaired) electrons. The lowest BCUT2D eigenvalue weighted by molar-refractivity contribution is 0.0793. The van der Waals surface area contributed by atoms with Crippen molar-refractivity contribution in [2.75, 3.05) is 36.8 Å². The number of nitrogen functional groups attached to an aromatic ring is 1. The standard InChI is InChI=1S/C19H24N6O/c20-19-22-9-5-16(23-19)14-6-12-24(13-7-14)17-15(4-3-8-21-17)18(26)25-10-1-2-11-25/h3-5,8-9,14H,1-2,6-7,10-13H2,(H2,20,22,23). The summed E-state index contributed by atoms with van der Waals surface area (Å²) in [7, 11) is 0.